The fourth-order valence-corrected chi connectivity index (χ4v) is 4.67. The van der Waals surface area contributed by atoms with Gasteiger partial charge in [-0.1, -0.05) is 59.6 Å². The van der Waals surface area contributed by atoms with Crippen LogP contribution >= 0.6 is 11.6 Å². The lowest BCUT2D eigenvalue weighted by molar-refractivity contribution is 0.194. The van der Waals surface area contributed by atoms with Crippen LogP contribution in [0.1, 0.15) is 28.4 Å². The van der Waals surface area contributed by atoms with Gasteiger partial charge in [0.15, 0.2) is 0 Å². The van der Waals surface area contributed by atoms with Crippen molar-refractivity contribution in [1.29, 1.82) is 0 Å². The van der Waals surface area contributed by atoms with Gasteiger partial charge in [0.25, 0.3) is 0 Å². The number of carbonyl (C=O) groups excluding carboxylic acids is 1. The number of aryl methyl sites for hydroxylation is 1. The Hall–Kier alpha value is -3.70. The molecule has 0 saturated heterocycles. The highest BCUT2D eigenvalue weighted by atomic mass is 35.5. The monoisotopic (exact) mass is 457 g/mol. The van der Waals surface area contributed by atoms with Gasteiger partial charge in [-0.2, -0.15) is 0 Å². The Kier molecular flexibility index (Phi) is 5.56. The largest absolute Gasteiger partial charge is 0.495 e. The molecule has 2 amide bonds. The van der Waals surface area contributed by atoms with Crippen LogP contribution in [0.4, 0.5) is 10.5 Å². The zero-order valence-corrected chi connectivity index (χ0v) is 19.2. The summed E-state index contributed by atoms with van der Waals surface area (Å²) in [6.45, 7) is 2.51. The van der Waals surface area contributed by atoms with Gasteiger partial charge in [0.1, 0.15) is 5.75 Å². The number of para-hydroxylation sites is 1. The number of nitrogens with zero attached hydrogens (tertiary/aromatic N) is 2. The van der Waals surface area contributed by atoms with Crippen LogP contribution in [0.3, 0.4) is 0 Å². The smallest absolute Gasteiger partial charge is 0.323 e. The number of benzene rings is 3. The molecule has 5 nitrogen and oxygen atoms in total. The van der Waals surface area contributed by atoms with Crippen molar-refractivity contribution >= 4 is 23.3 Å². The third kappa shape index (κ3) is 3.96. The van der Waals surface area contributed by atoms with Crippen molar-refractivity contribution in [3.05, 3.63) is 112 Å². The van der Waals surface area contributed by atoms with Crippen LogP contribution in [0, 0.1) is 6.92 Å². The van der Waals surface area contributed by atoms with Gasteiger partial charge in [-0.25, -0.2) is 4.79 Å². The van der Waals surface area contributed by atoms with Gasteiger partial charge in [0, 0.05) is 16.9 Å². The van der Waals surface area contributed by atoms with Crippen molar-refractivity contribution in [2.24, 2.45) is 0 Å². The third-order valence-electron chi connectivity index (χ3n) is 5.99. The van der Waals surface area contributed by atoms with E-state index in [2.05, 4.69) is 59.4 Å². The van der Waals surface area contributed by atoms with Gasteiger partial charge in [0.2, 0.25) is 0 Å². The summed E-state index contributed by atoms with van der Waals surface area (Å²) < 4.78 is 7.62. The van der Waals surface area contributed by atoms with E-state index < -0.39 is 0 Å². The second kappa shape index (κ2) is 8.68. The summed E-state index contributed by atoms with van der Waals surface area (Å²) in [4.78, 5) is 15.7. The highest BCUT2D eigenvalue weighted by Gasteiger charge is 2.33. The van der Waals surface area contributed by atoms with Gasteiger partial charge >= 0.3 is 6.03 Å². The molecule has 33 heavy (non-hydrogen) atoms. The maximum absolute atomic E-state index is 13.8. The molecular weight excluding hydrogens is 434 g/mol. The molecule has 2 heterocycles. The molecule has 5 rings (SSSR count). The fraction of sp³-hybridized carbons (Fsp3) is 0.148. The first-order valence-corrected chi connectivity index (χ1v) is 11.2. The molecule has 1 aromatic heterocycles. The number of fused-ring (bicyclic) bond motifs is 3. The average Bonchev–Trinajstić information content (AvgIpc) is 3.23. The molecule has 3 aromatic carbocycles. The lowest BCUT2D eigenvalue weighted by atomic mass is 10.00. The van der Waals surface area contributed by atoms with Crippen molar-refractivity contribution in [2.75, 3.05) is 12.4 Å². The van der Waals surface area contributed by atoms with Crippen LogP contribution in [-0.2, 0) is 6.54 Å². The number of ether oxygens (including phenoxy) is 1. The number of amides is 2. The molecule has 0 fully saturated rings. The molecule has 1 N–H and O–H groups in total. The molecule has 4 aromatic rings. The number of nitrogens with one attached hydrogen (secondary N) is 1. The van der Waals surface area contributed by atoms with Crippen molar-refractivity contribution in [3.63, 3.8) is 0 Å². The second-order valence-electron chi connectivity index (χ2n) is 8.15. The van der Waals surface area contributed by atoms with E-state index in [9.17, 15) is 4.79 Å². The van der Waals surface area contributed by atoms with Crippen LogP contribution in [0.2, 0.25) is 5.02 Å². The Balaban J connectivity index is 1.64. The minimum absolute atomic E-state index is 0.230. The van der Waals surface area contributed by atoms with Crippen molar-refractivity contribution < 1.29 is 9.53 Å². The molecule has 0 saturated carbocycles. The summed E-state index contributed by atoms with van der Waals surface area (Å²) >= 11 is 6.21. The van der Waals surface area contributed by atoms with Crippen LogP contribution in [0.5, 0.6) is 5.75 Å². The first-order chi connectivity index (χ1) is 16.0. The highest BCUT2D eigenvalue weighted by Crippen LogP contribution is 2.38. The molecule has 1 aliphatic heterocycles. The lowest BCUT2D eigenvalue weighted by Gasteiger charge is -2.31. The Labute approximate surface area is 198 Å². The molecule has 166 valence electrons. The van der Waals surface area contributed by atoms with E-state index in [0.29, 0.717) is 23.0 Å². The minimum atomic E-state index is -0.280. The number of anilines is 1. The molecule has 6 heteroatoms. The number of methoxy groups -OCH3 is 1. The van der Waals surface area contributed by atoms with E-state index in [1.807, 2.05) is 29.2 Å². The van der Waals surface area contributed by atoms with Crippen molar-refractivity contribution in [1.82, 2.24) is 9.47 Å². The predicted octanol–water partition coefficient (Wildman–Crippen LogP) is 6.58. The Bertz CT molecular complexity index is 1330. The fourth-order valence-electron chi connectivity index (χ4n) is 4.50. The number of rotatable bonds is 3. The van der Waals surface area contributed by atoms with Gasteiger partial charge in [-0.05, 0) is 54.4 Å². The van der Waals surface area contributed by atoms with Crippen molar-refractivity contribution in [2.45, 2.75) is 19.5 Å². The molecule has 0 radical (unpaired) electrons. The van der Waals surface area contributed by atoms with E-state index in [-0.39, 0.29) is 12.1 Å². The predicted molar refractivity (Wildman–Crippen MR) is 131 cm³/mol. The van der Waals surface area contributed by atoms with E-state index in [0.717, 1.165) is 28.1 Å². The number of hydrogen-bond donors (Lipinski definition) is 1. The highest BCUT2D eigenvalue weighted by molar-refractivity contribution is 6.31. The van der Waals surface area contributed by atoms with Crippen LogP contribution in [0.15, 0.2) is 85.1 Å². The van der Waals surface area contributed by atoms with Gasteiger partial charge < -0.3 is 19.5 Å². The van der Waals surface area contributed by atoms with Crippen LogP contribution < -0.4 is 10.1 Å². The normalized spacial score (nSPS) is 14.8. The second-order valence-corrected chi connectivity index (χ2v) is 8.59. The Morgan fingerprint density at radius 1 is 1.03 bits per heavy atom. The third-order valence-corrected chi connectivity index (χ3v) is 6.22. The Morgan fingerprint density at radius 3 is 2.70 bits per heavy atom. The lowest BCUT2D eigenvalue weighted by Crippen LogP contribution is -2.38. The quantitative estimate of drug-likeness (QED) is 0.377. The first kappa shape index (κ1) is 21.2. The minimum Gasteiger partial charge on any atom is -0.495 e. The summed E-state index contributed by atoms with van der Waals surface area (Å²) in [5, 5.41) is 3.56. The summed E-state index contributed by atoms with van der Waals surface area (Å²) in [5.41, 5.74) is 5.90. The zero-order chi connectivity index (χ0) is 22.9. The van der Waals surface area contributed by atoms with Gasteiger partial charge in [0.05, 0.1) is 31.1 Å². The van der Waals surface area contributed by atoms with E-state index in [1.165, 1.54) is 0 Å². The first-order valence-electron chi connectivity index (χ1n) is 10.8. The molecule has 1 aliphatic rings. The topological polar surface area (TPSA) is 46.5 Å². The van der Waals surface area contributed by atoms with E-state index >= 15 is 0 Å². The standard InChI is InChI=1S/C27H24ClN3O2/c1-18-7-5-9-19(15-18)26-24-11-6-14-30(24)23-10-4-3-8-20(23)17-31(26)27(32)29-22-16-21(28)12-13-25(22)33-2/h3-16,26H,17H2,1-2H3,(H,29,32). The number of aromatic nitrogens is 1. The van der Waals surface area contributed by atoms with Gasteiger partial charge in [-0.15, -0.1) is 0 Å². The molecule has 0 bridgehead atoms. The average molecular weight is 458 g/mol. The molecular formula is C27H24ClN3O2. The van der Waals surface area contributed by atoms with Gasteiger partial charge in [-0.3, -0.25) is 0 Å². The number of carbonyl (C=O) groups is 1. The number of urea groups is 1. The maximum Gasteiger partial charge on any atom is 0.323 e. The van der Waals surface area contributed by atoms with Crippen LogP contribution in [0.25, 0.3) is 5.69 Å². The SMILES string of the molecule is COc1ccc(Cl)cc1NC(=O)N1Cc2ccccc2-n2cccc2C1c1cccc(C)c1. The number of hydrogen-bond acceptors (Lipinski definition) is 2. The Morgan fingerprint density at radius 2 is 1.88 bits per heavy atom. The molecule has 1 unspecified atom stereocenters. The zero-order valence-electron chi connectivity index (χ0n) is 18.5. The van der Waals surface area contributed by atoms with Crippen molar-refractivity contribution in [3.8, 4) is 11.4 Å². The summed E-state index contributed by atoms with van der Waals surface area (Å²) in [6.07, 6.45) is 2.05. The summed E-state index contributed by atoms with van der Waals surface area (Å²) in [6, 6.07) is 25.3. The van der Waals surface area contributed by atoms with Crippen LogP contribution in [-0.4, -0.2) is 22.6 Å². The van der Waals surface area contributed by atoms with E-state index in [4.69, 9.17) is 16.3 Å². The number of halogens is 1. The maximum atomic E-state index is 13.8. The molecule has 1 atom stereocenters. The van der Waals surface area contributed by atoms with E-state index in [1.54, 1.807) is 25.3 Å². The summed E-state index contributed by atoms with van der Waals surface area (Å²) in [7, 11) is 1.57. The summed E-state index contributed by atoms with van der Waals surface area (Å²) in [5.74, 6) is 0.554. The molecule has 0 aliphatic carbocycles. The molecule has 0 spiro atoms.